The van der Waals surface area contributed by atoms with Gasteiger partial charge in [-0.15, -0.1) is 0 Å². The van der Waals surface area contributed by atoms with Crippen LogP contribution in [0.2, 0.25) is 0 Å². The summed E-state index contributed by atoms with van der Waals surface area (Å²) in [6.45, 7) is 1.88. The van der Waals surface area contributed by atoms with Crippen LogP contribution in [0.5, 0.6) is 11.5 Å². The molecule has 0 saturated carbocycles. The molecule has 1 aromatic rings. The van der Waals surface area contributed by atoms with Crippen LogP contribution in [0.25, 0.3) is 0 Å². The number of ether oxygens (including phenoxy) is 1. The van der Waals surface area contributed by atoms with Gasteiger partial charge in [0.1, 0.15) is 0 Å². The second-order valence-electron chi connectivity index (χ2n) is 5.06. The second-order valence-corrected chi connectivity index (χ2v) is 5.06. The SMILES string of the molecule is Oc1cccc2c1OCCC2CC1CCCN1. The summed E-state index contributed by atoms with van der Waals surface area (Å²) in [5, 5.41) is 13.3. The molecule has 1 saturated heterocycles. The monoisotopic (exact) mass is 233 g/mol. The summed E-state index contributed by atoms with van der Waals surface area (Å²) in [4.78, 5) is 0. The van der Waals surface area contributed by atoms with E-state index in [0.717, 1.165) is 19.6 Å². The number of phenolic OH excluding ortho intramolecular Hbond substituents is 1. The van der Waals surface area contributed by atoms with E-state index in [9.17, 15) is 5.11 Å². The maximum Gasteiger partial charge on any atom is 0.164 e. The van der Waals surface area contributed by atoms with E-state index in [2.05, 4.69) is 11.4 Å². The van der Waals surface area contributed by atoms with E-state index in [4.69, 9.17) is 4.74 Å². The molecule has 92 valence electrons. The molecule has 3 heteroatoms. The predicted molar refractivity (Wildman–Crippen MR) is 66.6 cm³/mol. The number of rotatable bonds is 2. The van der Waals surface area contributed by atoms with E-state index < -0.39 is 0 Å². The number of hydrogen-bond acceptors (Lipinski definition) is 3. The van der Waals surface area contributed by atoms with E-state index in [1.165, 1.54) is 24.8 Å². The molecule has 2 heterocycles. The van der Waals surface area contributed by atoms with Crippen molar-refractivity contribution < 1.29 is 9.84 Å². The highest BCUT2D eigenvalue weighted by Gasteiger charge is 2.27. The first kappa shape index (κ1) is 10.9. The van der Waals surface area contributed by atoms with Gasteiger partial charge < -0.3 is 15.2 Å². The number of nitrogens with one attached hydrogen (secondary N) is 1. The van der Waals surface area contributed by atoms with Gasteiger partial charge in [-0.25, -0.2) is 0 Å². The van der Waals surface area contributed by atoms with Crippen LogP contribution in [-0.2, 0) is 0 Å². The maximum atomic E-state index is 9.79. The van der Waals surface area contributed by atoms with Gasteiger partial charge in [0.05, 0.1) is 6.61 Å². The summed E-state index contributed by atoms with van der Waals surface area (Å²) >= 11 is 0. The Morgan fingerprint density at radius 2 is 2.29 bits per heavy atom. The first-order valence-corrected chi connectivity index (χ1v) is 6.52. The molecule has 1 aromatic carbocycles. The van der Waals surface area contributed by atoms with Crippen molar-refractivity contribution in [2.75, 3.05) is 13.2 Å². The zero-order valence-electron chi connectivity index (χ0n) is 9.98. The molecule has 0 aliphatic carbocycles. The van der Waals surface area contributed by atoms with Crippen LogP contribution in [-0.4, -0.2) is 24.3 Å². The van der Waals surface area contributed by atoms with Gasteiger partial charge in [0.2, 0.25) is 0 Å². The summed E-state index contributed by atoms with van der Waals surface area (Å²) in [6.07, 6.45) is 4.81. The summed E-state index contributed by atoms with van der Waals surface area (Å²) in [5.41, 5.74) is 1.19. The summed E-state index contributed by atoms with van der Waals surface area (Å²) in [6, 6.07) is 6.36. The van der Waals surface area contributed by atoms with Crippen molar-refractivity contribution in [1.29, 1.82) is 0 Å². The van der Waals surface area contributed by atoms with Gasteiger partial charge in [0.25, 0.3) is 0 Å². The van der Waals surface area contributed by atoms with Crippen LogP contribution in [0.3, 0.4) is 0 Å². The maximum absolute atomic E-state index is 9.79. The van der Waals surface area contributed by atoms with E-state index in [1.54, 1.807) is 6.07 Å². The van der Waals surface area contributed by atoms with Crippen LogP contribution < -0.4 is 10.1 Å². The van der Waals surface area contributed by atoms with Gasteiger partial charge in [-0.05, 0) is 44.2 Å². The molecular formula is C14H19NO2. The van der Waals surface area contributed by atoms with Crippen LogP contribution in [0.1, 0.15) is 37.2 Å². The number of hydrogen-bond donors (Lipinski definition) is 2. The Balaban J connectivity index is 1.81. The van der Waals surface area contributed by atoms with Crippen LogP contribution in [0, 0.1) is 0 Å². The predicted octanol–water partition coefficient (Wildman–Crippen LogP) is 2.40. The molecule has 3 nitrogen and oxygen atoms in total. The number of phenols is 1. The van der Waals surface area contributed by atoms with Gasteiger partial charge >= 0.3 is 0 Å². The summed E-state index contributed by atoms with van der Waals surface area (Å²) in [7, 11) is 0. The molecule has 0 radical (unpaired) electrons. The van der Waals surface area contributed by atoms with Gasteiger partial charge in [-0.3, -0.25) is 0 Å². The minimum Gasteiger partial charge on any atom is -0.504 e. The van der Waals surface area contributed by atoms with Gasteiger partial charge in [-0.2, -0.15) is 0 Å². The van der Waals surface area contributed by atoms with E-state index >= 15 is 0 Å². The first-order valence-electron chi connectivity index (χ1n) is 6.52. The third kappa shape index (κ3) is 2.12. The van der Waals surface area contributed by atoms with E-state index in [1.807, 2.05) is 6.07 Å². The van der Waals surface area contributed by atoms with Crippen LogP contribution in [0.4, 0.5) is 0 Å². The molecule has 2 aliphatic rings. The number of fused-ring (bicyclic) bond motifs is 1. The molecule has 0 spiro atoms. The first-order chi connectivity index (χ1) is 8.34. The van der Waals surface area contributed by atoms with Gasteiger partial charge in [-0.1, -0.05) is 12.1 Å². The lowest BCUT2D eigenvalue weighted by molar-refractivity contribution is 0.245. The van der Waals surface area contributed by atoms with Crippen molar-refractivity contribution in [3.05, 3.63) is 23.8 Å². The van der Waals surface area contributed by atoms with E-state index in [-0.39, 0.29) is 5.75 Å². The second kappa shape index (κ2) is 4.57. The summed E-state index contributed by atoms with van der Waals surface area (Å²) in [5.74, 6) is 1.52. The standard InChI is InChI=1S/C14H19NO2/c16-13-5-1-4-12-10(6-8-17-14(12)13)9-11-3-2-7-15-11/h1,4-5,10-11,15-16H,2-3,6-9H2. The largest absolute Gasteiger partial charge is 0.504 e. The fourth-order valence-electron chi connectivity index (χ4n) is 3.03. The number of para-hydroxylation sites is 1. The van der Waals surface area contributed by atoms with Gasteiger partial charge in [0.15, 0.2) is 11.5 Å². The number of benzene rings is 1. The van der Waals surface area contributed by atoms with Crippen molar-refractivity contribution in [2.24, 2.45) is 0 Å². The lowest BCUT2D eigenvalue weighted by Crippen LogP contribution is -2.26. The van der Waals surface area contributed by atoms with Crippen molar-refractivity contribution in [3.63, 3.8) is 0 Å². The Morgan fingerprint density at radius 3 is 3.12 bits per heavy atom. The smallest absolute Gasteiger partial charge is 0.164 e. The molecule has 0 aromatic heterocycles. The molecule has 0 bridgehead atoms. The molecular weight excluding hydrogens is 214 g/mol. The Bertz CT molecular complexity index is 399. The average Bonchev–Trinajstić information content (AvgIpc) is 2.83. The topological polar surface area (TPSA) is 41.5 Å². The highest BCUT2D eigenvalue weighted by molar-refractivity contribution is 5.48. The zero-order chi connectivity index (χ0) is 11.7. The molecule has 1 fully saturated rings. The molecule has 2 aliphatic heterocycles. The molecule has 0 amide bonds. The zero-order valence-corrected chi connectivity index (χ0v) is 9.98. The quantitative estimate of drug-likeness (QED) is 0.824. The van der Waals surface area contributed by atoms with Crippen LogP contribution in [0.15, 0.2) is 18.2 Å². The normalized spacial score (nSPS) is 27.5. The van der Waals surface area contributed by atoms with Gasteiger partial charge in [0, 0.05) is 11.6 Å². The molecule has 2 unspecified atom stereocenters. The van der Waals surface area contributed by atoms with Crippen molar-refractivity contribution in [3.8, 4) is 11.5 Å². The summed E-state index contributed by atoms with van der Waals surface area (Å²) < 4.78 is 5.58. The highest BCUT2D eigenvalue weighted by atomic mass is 16.5. The fraction of sp³-hybridized carbons (Fsp3) is 0.571. The van der Waals surface area contributed by atoms with Crippen molar-refractivity contribution in [2.45, 2.75) is 37.6 Å². The minimum absolute atomic E-state index is 0.284. The molecule has 17 heavy (non-hydrogen) atoms. The van der Waals surface area contributed by atoms with Crippen LogP contribution >= 0.6 is 0 Å². The Kier molecular flexibility index (Phi) is 2.93. The van der Waals surface area contributed by atoms with E-state index in [0.29, 0.717) is 17.7 Å². The third-order valence-corrected chi connectivity index (χ3v) is 3.91. The van der Waals surface area contributed by atoms with Crippen molar-refractivity contribution in [1.82, 2.24) is 5.32 Å². The lowest BCUT2D eigenvalue weighted by atomic mass is 9.87. The average molecular weight is 233 g/mol. The molecule has 2 N–H and O–H groups in total. The minimum atomic E-state index is 0.284. The Labute approximate surface area is 102 Å². The lowest BCUT2D eigenvalue weighted by Gasteiger charge is -2.28. The fourth-order valence-corrected chi connectivity index (χ4v) is 3.03. The Hall–Kier alpha value is -1.22. The van der Waals surface area contributed by atoms with Crippen molar-refractivity contribution >= 4 is 0 Å². The molecule has 3 rings (SSSR count). The number of aromatic hydroxyl groups is 1. The molecule has 2 atom stereocenters. The Morgan fingerprint density at radius 1 is 1.35 bits per heavy atom. The third-order valence-electron chi connectivity index (χ3n) is 3.91. The highest BCUT2D eigenvalue weighted by Crippen LogP contribution is 2.42.